The van der Waals surface area contributed by atoms with E-state index in [1.165, 1.54) is 16.3 Å². The Morgan fingerprint density at radius 1 is 1.19 bits per heavy atom. The highest BCUT2D eigenvalue weighted by Gasteiger charge is 2.20. The number of rotatable bonds is 9. The van der Waals surface area contributed by atoms with Gasteiger partial charge in [-0.05, 0) is 17.9 Å². The van der Waals surface area contributed by atoms with Crippen molar-refractivity contribution < 1.29 is 9.84 Å². The molecule has 0 aliphatic rings. The van der Waals surface area contributed by atoms with Crippen LogP contribution in [0.3, 0.4) is 0 Å². The summed E-state index contributed by atoms with van der Waals surface area (Å²) in [6, 6.07) is 13.7. The molecule has 0 bridgehead atoms. The number of hydrogen-bond donors (Lipinski definition) is 2. The Bertz CT molecular complexity index is 1350. The minimum atomic E-state index is -0.881. The number of fused-ring (bicyclic) bond motifs is 2. The number of hydrogen-bond acceptors (Lipinski definition) is 6. The van der Waals surface area contributed by atoms with Gasteiger partial charge in [-0.2, -0.15) is 0 Å². The van der Waals surface area contributed by atoms with E-state index in [-0.39, 0.29) is 18.7 Å². The van der Waals surface area contributed by atoms with Gasteiger partial charge in [0, 0.05) is 18.2 Å². The average molecular weight is 455 g/mol. The number of benzene rings is 2. The predicted octanol–water partition coefficient (Wildman–Crippen LogP) is 2.91. The van der Waals surface area contributed by atoms with Gasteiger partial charge in [-0.15, -0.1) is 0 Å². The number of aromatic nitrogens is 4. The van der Waals surface area contributed by atoms with E-state index in [0.29, 0.717) is 16.6 Å². The number of aryl methyl sites for hydroxylation is 1. The van der Waals surface area contributed by atoms with E-state index in [2.05, 4.69) is 16.9 Å². The molecule has 9 heteroatoms. The van der Waals surface area contributed by atoms with Gasteiger partial charge in [-0.25, -0.2) is 9.78 Å². The largest absolute Gasteiger partial charge is 0.490 e. The molecular weight excluding hydrogens is 428 g/mol. The minimum Gasteiger partial charge on any atom is -0.490 e. The summed E-state index contributed by atoms with van der Waals surface area (Å²) in [5, 5.41) is 13.4. The van der Waals surface area contributed by atoms with Crippen LogP contribution in [0.15, 0.2) is 57.2 Å². The van der Waals surface area contributed by atoms with Crippen LogP contribution in [0.1, 0.15) is 19.8 Å². The molecule has 0 saturated carbocycles. The molecule has 2 aromatic carbocycles. The van der Waals surface area contributed by atoms with Crippen LogP contribution in [0.4, 0.5) is 0 Å². The van der Waals surface area contributed by atoms with Crippen molar-refractivity contribution in [3.05, 3.63) is 63.3 Å². The summed E-state index contributed by atoms with van der Waals surface area (Å²) in [5.74, 6) is 1.52. The van der Waals surface area contributed by atoms with Crippen LogP contribution in [0.25, 0.3) is 21.9 Å². The van der Waals surface area contributed by atoms with E-state index < -0.39 is 17.4 Å². The maximum absolute atomic E-state index is 12.6. The molecule has 1 atom stereocenters. The van der Waals surface area contributed by atoms with Crippen LogP contribution < -0.4 is 16.0 Å². The highest BCUT2D eigenvalue weighted by Crippen LogP contribution is 2.26. The van der Waals surface area contributed by atoms with Crippen LogP contribution in [0, 0.1) is 0 Å². The lowest BCUT2D eigenvalue weighted by Crippen LogP contribution is -2.30. The Morgan fingerprint density at radius 2 is 1.97 bits per heavy atom. The van der Waals surface area contributed by atoms with Crippen molar-refractivity contribution in [2.75, 3.05) is 12.4 Å². The Labute approximate surface area is 188 Å². The van der Waals surface area contributed by atoms with Gasteiger partial charge in [0.25, 0.3) is 5.56 Å². The quantitative estimate of drug-likeness (QED) is 0.298. The zero-order valence-electron chi connectivity index (χ0n) is 18.1. The highest BCUT2D eigenvalue weighted by atomic mass is 32.2. The molecule has 0 spiro atoms. The zero-order valence-corrected chi connectivity index (χ0v) is 18.9. The first-order valence-corrected chi connectivity index (χ1v) is 11.6. The molecule has 4 aromatic rings. The van der Waals surface area contributed by atoms with Crippen LogP contribution in [0.5, 0.6) is 5.75 Å². The Kier molecular flexibility index (Phi) is 6.66. The summed E-state index contributed by atoms with van der Waals surface area (Å²) < 4.78 is 8.92. The van der Waals surface area contributed by atoms with Crippen molar-refractivity contribution in [3.63, 3.8) is 0 Å². The third-order valence-corrected chi connectivity index (χ3v) is 6.34. The fourth-order valence-corrected chi connectivity index (χ4v) is 4.66. The molecule has 0 saturated heterocycles. The first kappa shape index (κ1) is 22.2. The summed E-state index contributed by atoms with van der Waals surface area (Å²) in [6.45, 7) is 2.28. The SMILES string of the molecule is CCCCSc1nc2c(c(=O)[nH]c(=O)n2C)n1CC(O)COc1cccc2ccccc12. The number of aliphatic hydroxyl groups is 1. The monoisotopic (exact) mass is 454 g/mol. The van der Waals surface area contributed by atoms with Gasteiger partial charge in [0.15, 0.2) is 16.3 Å². The van der Waals surface area contributed by atoms with Crippen LogP contribution >= 0.6 is 11.8 Å². The Balaban J connectivity index is 1.60. The average Bonchev–Trinajstić information content (AvgIpc) is 3.15. The van der Waals surface area contributed by atoms with Gasteiger partial charge in [0.1, 0.15) is 18.5 Å². The molecule has 0 aliphatic carbocycles. The molecule has 8 nitrogen and oxygen atoms in total. The molecule has 0 aliphatic heterocycles. The molecule has 0 radical (unpaired) electrons. The molecule has 168 valence electrons. The fraction of sp³-hybridized carbons (Fsp3) is 0.348. The van der Waals surface area contributed by atoms with Crippen molar-refractivity contribution >= 4 is 33.7 Å². The van der Waals surface area contributed by atoms with Gasteiger partial charge in [-0.3, -0.25) is 14.3 Å². The third kappa shape index (κ3) is 4.44. The maximum Gasteiger partial charge on any atom is 0.329 e. The lowest BCUT2D eigenvalue weighted by molar-refractivity contribution is 0.0921. The van der Waals surface area contributed by atoms with E-state index >= 15 is 0 Å². The fourth-order valence-electron chi connectivity index (χ4n) is 3.57. The van der Waals surface area contributed by atoms with E-state index in [9.17, 15) is 14.7 Å². The van der Waals surface area contributed by atoms with Gasteiger partial charge in [0.05, 0.1) is 6.54 Å². The van der Waals surface area contributed by atoms with Crippen molar-refractivity contribution in [2.45, 2.75) is 37.6 Å². The number of nitrogens with one attached hydrogen (secondary N) is 1. The molecule has 2 heterocycles. The molecule has 4 rings (SSSR count). The molecule has 32 heavy (non-hydrogen) atoms. The number of nitrogens with zero attached hydrogens (tertiary/aromatic N) is 3. The third-order valence-electron chi connectivity index (χ3n) is 5.28. The minimum absolute atomic E-state index is 0.0520. The summed E-state index contributed by atoms with van der Waals surface area (Å²) in [5.41, 5.74) is -0.451. The zero-order chi connectivity index (χ0) is 22.7. The Hall–Kier alpha value is -3.04. The van der Waals surface area contributed by atoms with Crippen LogP contribution in [-0.2, 0) is 13.6 Å². The van der Waals surface area contributed by atoms with Crippen molar-refractivity contribution in [3.8, 4) is 5.75 Å². The number of aromatic amines is 1. The summed E-state index contributed by atoms with van der Waals surface area (Å²) in [4.78, 5) is 31.4. The number of aliphatic hydroxyl groups excluding tert-OH is 1. The van der Waals surface area contributed by atoms with Crippen molar-refractivity contribution in [2.24, 2.45) is 7.05 Å². The highest BCUT2D eigenvalue weighted by molar-refractivity contribution is 7.99. The summed E-state index contributed by atoms with van der Waals surface area (Å²) in [7, 11) is 1.57. The normalized spacial score (nSPS) is 12.5. The molecule has 2 N–H and O–H groups in total. The van der Waals surface area contributed by atoms with Crippen LogP contribution in [-0.4, -0.2) is 42.7 Å². The second-order valence-corrected chi connectivity index (χ2v) is 8.70. The second kappa shape index (κ2) is 9.62. The van der Waals surface area contributed by atoms with E-state index in [4.69, 9.17) is 4.74 Å². The van der Waals surface area contributed by atoms with E-state index in [1.54, 1.807) is 11.6 Å². The van der Waals surface area contributed by atoms with E-state index in [1.807, 2.05) is 42.5 Å². The maximum atomic E-state index is 12.6. The van der Waals surface area contributed by atoms with Crippen molar-refractivity contribution in [1.82, 2.24) is 19.1 Å². The van der Waals surface area contributed by atoms with Gasteiger partial charge < -0.3 is 14.4 Å². The van der Waals surface area contributed by atoms with Gasteiger partial charge in [0.2, 0.25) is 0 Å². The Morgan fingerprint density at radius 3 is 2.78 bits per heavy atom. The number of thioether (sulfide) groups is 1. The molecular formula is C23H26N4O4S. The van der Waals surface area contributed by atoms with Gasteiger partial charge in [-0.1, -0.05) is 61.5 Å². The second-order valence-electron chi connectivity index (χ2n) is 7.64. The van der Waals surface area contributed by atoms with Crippen molar-refractivity contribution in [1.29, 1.82) is 0 Å². The standard InChI is InChI=1S/C23H26N4O4S/c1-3-4-12-32-23-24-20-19(21(29)25-22(30)26(20)2)27(23)13-16(28)14-31-18-11-7-9-15-8-5-6-10-17(15)18/h5-11,16,28H,3-4,12-14H2,1-2H3,(H,25,29,30). The summed E-state index contributed by atoms with van der Waals surface area (Å²) >= 11 is 1.51. The van der Waals surface area contributed by atoms with E-state index in [0.717, 1.165) is 29.4 Å². The lowest BCUT2D eigenvalue weighted by Gasteiger charge is -2.16. The van der Waals surface area contributed by atoms with Gasteiger partial charge >= 0.3 is 5.69 Å². The predicted molar refractivity (Wildman–Crippen MR) is 127 cm³/mol. The lowest BCUT2D eigenvalue weighted by atomic mass is 10.1. The molecule has 0 fully saturated rings. The number of imidazole rings is 1. The first-order valence-electron chi connectivity index (χ1n) is 10.6. The molecule has 0 amide bonds. The summed E-state index contributed by atoms with van der Waals surface area (Å²) in [6.07, 6.45) is 1.15. The topological polar surface area (TPSA) is 102 Å². The number of H-pyrrole nitrogens is 1. The molecule has 2 aromatic heterocycles. The van der Waals surface area contributed by atoms with Crippen LogP contribution in [0.2, 0.25) is 0 Å². The number of ether oxygens (including phenoxy) is 1. The first-order chi connectivity index (χ1) is 15.5. The smallest absolute Gasteiger partial charge is 0.329 e. The molecule has 1 unspecified atom stereocenters. The number of unbranched alkanes of at least 4 members (excludes halogenated alkanes) is 1.